The van der Waals surface area contributed by atoms with E-state index in [0.717, 1.165) is 6.42 Å². The fourth-order valence-corrected chi connectivity index (χ4v) is 1.92. The maximum absolute atomic E-state index is 12.1. The molecule has 0 aromatic rings. The number of likely N-dealkylation sites (tertiary alicyclic amines) is 1. The SMILES string of the molecule is CC(C)(C)OC(=O)N1CC[C@@H](CCC(F)F)C1. The lowest BCUT2D eigenvalue weighted by atomic mass is 10.0. The first-order chi connectivity index (χ1) is 7.78. The molecule has 0 unspecified atom stereocenters. The summed E-state index contributed by atoms with van der Waals surface area (Å²) in [6.45, 7) is 6.60. The third kappa shape index (κ3) is 5.33. The molecule has 3 nitrogen and oxygen atoms in total. The van der Waals surface area contributed by atoms with Crippen molar-refractivity contribution in [1.29, 1.82) is 0 Å². The summed E-state index contributed by atoms with van der Waals surface area (Å²) >= 11 is 0. The largest absolute Gasteiger partial charge is 0.444 e. The molecule has 5 heteroatoms. The molecule has 1 heterocycles. The number of alkyl halides is 2. The Morgan fingerprint density at radius 2 is 2.12 bits per heavy atom. The topological polar surface area (TPSA) is 29.5 Å². The van der Waals surface area contributed by atoms with E-state index in [1.165, 1.54) is 0 Å². The van der Waals surface area contributed by atoms with Gasteiger partial charge in [0.15, 0.2) is 0 Å². The minimum absolute atomic E-state index is 0.0766. The Labute approximate surface area is 101 Å². The van der Waals surface area contributed by atoms with Crippen molar-refractivity contribution in [3.8, 4) is 0 Å². The van der Waals surface area contributed by atoms with E-state index in [9.17, 15) is 13.6 Å². The molecule has 1 atom stereocenters. The molecule has 100 valence electrons. The summed E-state index contributed by atoms with van der Waals surface area (Å²) in [6.07, 6.45) is -1.38. The van der Waals surface area contributed by atoms with Crippen LogP contribution in [0.1, 0.15) is 40.0 Å². The number of ether oxygens (including phenoxy) is 1. The lowest BCUT2D eigenvalue weighted by molar-refractivity contribution is 0.0286. The van der Waals surface area contributed by atoms with Crippen LogP contribution in [0.4, 0.5) is 13.6 Å². The zero-order chi connectivity index (χ0) is 13.1. The Morgan fingerprint density at radius 1 is 1.47 bits per heavy atom. The molecule has 1 saturated heterocycles. The highest BCUT2D eigenvalue weighted by molar-refractivity contribution is 5.68. The molecule has 0 spiro atoms. The number of hydrogen-bond acceptors (Lipinski definition) is 2. The van der Waals surface area contributed by atoms with Crippen LogP contribution in [0.2, 0.25) is 0 Å². The van der Waals surface area contributed by atoms with Crippen LogP contribution in [-0.4, -0.2) is 36.1 Å². The van der Waals surface area contributed by atoms with Gasteiger partial charge in [0.25, 0.3) is 0 Å². The number of rotatable bonds is 3. The van der Waals surface area contributed by atoms with Crippen LogP contribution in [0.5, 0.6) is 0 Å². The molecule has 1 aliphatic heterocycles. The van der Waals surface area contributed by atoms with E-state index in [2.05, 4.69) is 0 Å². The van der Waals surface area contributed by atoms with Gasteiger partial charge in [-0.05, 0) is 39.5 Å². The summed E-state index contributed by atoms with van der Waals surface area (Å²) in [5.41, 5.74) is -0.502. The second-order valence-corrected chi connectivity index (χ2v) is 5.55. The summed E-state index contributed by atoms with van der Waals surface area (Å²) in [4.78, 5) is 13.3. The summed E-state index contributed by atoms with van der Waals surface area (Å²) in [5, 5.41) is 0. The average molecular weight is 249 g/mol. The van der Waals surface area contributed by atoms with Gasteiger partial charge in [-0.2, -0.15) is 0 Å². The highest BCUT2D eigenvalue weighted by atomic mass is 19.3. The fraction of sp³-hybridized carbons (Fsp3) is 0.917. The van der Waals surface area contributed by atoms with E-state index in [-0.39, 0.29) is 18.4 Å². The van der Waals surface area contributed by atoms with Crippen LogP contribution in [0.3, 0.4) is 0 Å². The van der Waals surface area contributed by atoms with Gasteiger partial charge in [-0.15, -0.1) is 0 Å². The van der Waals surface area contributed by atoms with Crippen LogP contribution in [0, 0.1) is 5.92 Å². The molecular formula is C12H21F2NO2. The molecule has 1 rings (SSSR count). The zero-order valence-electron chi connectivity index (χ0n) is 10.7. The Bertz CT molecular complexity index is 264. The molecule has 1 amide bonds. The number of nitrogens with zero attached hydrogens (tertiary/aromatic N) is 1. The number of halogens is 2. The third-order valence-corrected chi connectivity index (χ3v) is 2.73. The molecule has 0 aliphatic carbocycles. The molecular weight excluding hydrogens is 228 g/mol. The summed E-state index contributed by atoms with van der Waals surface area (Å²) < 4.78 is 29.4. The molecule has 0 radical (unpaired) electrons. The van der Waals surface area contributed by atoms with Gasteiger partial charge in [0.2, 0.25) is 6.43 Å². The first kappa shape index (κ1) is 14.2. The van der Waals surface area contributed by atoms with Gasteiger partial charge < -0.3 is 9.64 Å². The highest BCUT2D eigenvalue weighted by Gasteiger charge is 2.29. The van der Waals surface area contributed by atoms with Crippen LogP contribution < -0.4 is 0 Å². The van der Waals surface area contributed by atoms with Crippen molar-refractivity contribution in [2.75, 3.05) is 13.1 Å². The molecule has 0 bridgehead atoms. The zero-order valence-corrected chi connectivity index (χ0v) is 10.7. The second kappa shape index (κ2) is 5.65. The minimum Gasteiger partial charge on any atom is -0.444 e. The van der Waals surface area contributed by atoms with Crippen molar-refractivity contribution in [2.45, 2.75) is 52.1 Å². The number of amides is 1. The van der Waals surface area contributed by atoms with E-state index in [1.807, 2.05) is 20.8 Å². The van der Waals surface area contributed by atoms with Crippen molar-refractivity contribution in [3.05, 3.63) is 0 Å². The predicted octanol–water partition coefficient (Wildman–Crippen LogP) is 3.29. The Kier molecular flexibility index (Phi) is 4.71. The Balaban J connectivity index is 2.32. The van der Waals surface area contributed by atoms with Gasteiger partial charge in [-0.1, -0.05) is 0 Å². The molecule has 0 N–H and O–H groups in total. The minimum atomic E-state index is -2.24. The maximum atomic E-state index is 12.1. The maximum Gasteiger partial charge on any atom is 0.410 e. The van der Waals surface area contributed by atoms with Crippen molar-refractivity contribution < 1.29 is 18.3 Å². The first-order valence-electron chi connectivity index (χ1n) is 6.04. The quantitative estimate of drug-likeness (QED) is 0.768. The van der Waals surface area contributed by atoms with Crippen LogP contribution in [-0.2, 0) is 4.74 Å². The molecule has 1 aliphatic rings. The smallest absolute Gasteiger partial charge is 0.410 e. The third-order valence-electron chi connectivity index (χ3n) is 2.73. The molecule has 17 heavy (non-hydrogen) atoms. The summed E-state index contributed by atoms with van der Waals surface area (Å²) in [7, 11) is 0. The number of carbonyl (C=O) groups is 1. The van der Waals surface area contributed by atoms with Gasteiger partial charge >= 0.3 is 6.09 Å². The predicted molar refractivity (Wildman–Crippen MR) is 61.2 cm³/mol. The Morgan fingerprint density at radius 3 is 2.65 bits per heavy atom. The van der Waals surface area contributed by atoms with E-state index >= 15 is 0 Å². The van der Waals surface area contributed by atoms with Crippen molar-refractivity contribution in [3.63, 3.8) is 0 Å². The Hall–Kier alpha value is -0.870. The van der Waals surface area contributed by atoms with Gasteiger partial charge in [-0.3, -0.25) is 0 Å². The van der Waals surface area contributed by atoms with Crippen molar-refractivity contribution in [1.82, 2.24) is 4.90 Å². The average Bonchev–Trinajstić information content (AvgIpc) is 2.60. The van der Waals surface area contributed by atoms with Crippen LogP contribution >= 0.6 is 0 Å². The van der Waals surface area contributed by atoms with Gasteiger partial charge in [0.1, 0.15) is 5.60 Å². The standard InChI is InChI=1S/C12H21F2NO2/c1-12(2,3)17-11(16)15-7-6-9(8-15)4-5-10(13)14/h9-10H,4-8H2,1-3H3/t9-/m1/s1. The van der Waals surface area contributed by atoms with Crippen LogP contribution in [0.25, 0.3) is 0 Å². The lowest BCUT2D eigenvalue weighted by Gasteiger charge is -2.24. The van der Waals surface area contributed by atoms with Crippen molar-refractivity contribution in [2.24, 2.45) is 5.92 Å². The van der Waals surface area contributed by atoms with Gasteiger partial charge in [0, 0.05) is 19.5 Å². The lowest BCUT2D eigenvalue weighted by Crippen LogP contribution is -2.35. The number of hydrogen-bond donors (Lipinski definition) is 0. The monoisotopic (exact) mass is 249 g/mol. The van der Waals surface area contributed by atoms with E-state index in [0.29, 0.717) is 19.5 Å². The molecule has 0 aromatic carbocycles. The highest BCUT2D eigenvalue weighted by Crippen LogP contribution is 2.24. The fourth-order valence-electron chi connectivity index (χ4n) is 1.92. The first-order valence-corrected chi connectivity index (χ1v) is 6.04. The molecule has 1 fully saturated rings. The van der Waals surface area contributed by atoms with Gasteiger partial charge in [-0.25, -0.2) is 13.6 Å². The van der Waals surface area contributed by atoms with E-state index < -0.39 is 12.0 Å². The number of carbonyl (C=O) groups excluding carboxylic acids is 1. The second-order valence-electron chi connectivity index (χ2n) is 5.55. The van der Waals surface area contributed by atoms with E-state index in [1.54, 1.807) is 4.90 Å². The summed E-state index contributed by atoms with van der Waals surface area (Å²) in [6, 6.07) is 0. The summed E-state index contributed by atoms with van der Waals surface area (Å²) in [5.74, 6) is 0.191. The van der Waals surface area contributed by atoms with Crippen LogP contribution in [0.15, 0.2) is 0 Å². The van der Waals surface area contributed by atoms with E-state index in [4.69, 9.17) is 4.74 Å². The molecule has 0 saturated carbocycles. The van der Waals surface area contributed by atoms with Gasteiger partial charge in [0.05, 0.1) is 0 Å². The molecule has 0 aromatic heterocycles. The van der Waals surface area contributed by atoms with Crippen molar-refractivity contribution >= 4 is 6.09 Å². The normalized spacial score (nSPS) is 21.1.